The number of hydrogen-bond acceptors (Lipinski definition) is 3. The van der Waals surface area contributed by atoms with Crippen LogP contribution >= 0.6 is 0 Å². The zero-order valence-electron chi connectivity index (χ0n) is 10.2. The summed E-state index contributed by atoms with van der Waals surface area (Å²) in [4.78, 5) is 11.9. The molecule has 3 rings (SSSR count). The number of nitrogens with one attached hydrogen (secondary N) is 1. The van der Waals surface area contributed by atoms with E-state index in [1.807, 2.05) is 18.3 Å². The summed E-state index contributed by atoms with van der Waals surface area (Å²) >= 11 is 0. The van der Waals surface area contributed by atoms with Crippen molar-refractivity contribution in [2.75, 3.05) is 0 Å². The molecule has 4 heteroatoms. The summed E-state index contributed by atoms with van der Waals surface area (Å²) in [6, 6.07) is 3.95. The van der Waals surface area contributed by atoms with Crippen molar-refractivity contribution in [2.45, 2.75) is 37.7 Å². The van der Waals surface area contributed by atoms with Crippen molar-refractivity contribution in [1.29, 1.82) is 0 Å². The topological polar surface area (TPSA) is 61.8 Å². The summed E-state index contributed by atoms with van der Waals surface area (Å²) in [5.41, 5.74) is 2.15. The fraction of sp³-hybridized carbons (Fsp3) is 0.429. The second-order valence-electron chi connectivity index (χ2n) is 4.92. The highest BCUT2D eigenvalue weighted by Gasteiger charge is 2.22. The van der Waals surface area contributed by atoms with Gasteiger partial charge >= 0.3 is 0 Å². The first kappa shape index (κ1) is 11.4. The molecular formula is C14H17N3O. The molecule has 94 valence electrons. The van der Waals surface area contributed by atoms with Crippen LogP contribution in [0.2, 0.25) is 0 Å². The quantitative estimate of drug-likeness (QED) is 0.851. The molecule has 1 fully saturated rings. The van der Waals surface area contributed by atoms with Crippen molar-refractivity contribution in [2.24, 2.45) is 0 Å². The van der Waals surface area contributed by atoms with E-state index in [1.165, 1.54) is 0 Å². The average molecular weight is 243 g/mol. The van der Waals surface area contributed by atoms with Crippen molar-refractivity contribution < 1.29 is 5.11 Å². The highest BCUT2D eigenvalue weighted by atomic mass is 16.3. The van der Waals surface area contributed by atoms with E-state index in [9.17, 15) is 5.11 Å². The molecule has 0 atom stereocenters. The van der Waals surface area contributed by atoms with Gasteiger partial charge in [-0.25, -0.2) is 4.98 Å². The first-order chi connectivity index (χ1) is 8.83. The van der Waals surface area contributed by atoms with E-state index in [2.05, 4.69) is 15.0 Å². The van der Waals surface area contributed by atoms with Crippen LogP contribution in [0.25, 0.3) is 11.3 Å². The van der Waals surface area contributed by atoms with Crippen LogP contribution in [0.3, 0.4) is 0 Å². The van der Waals surface area contributed by atoms with Gasteiger partial charge in [0.05, 0.1) is 18.0 Å². The maximum absolute atomic E-state index is 9.52. The molecule has 0 amide bonds. The van der Waals surface area contributed by atoms with E-state index < -0.39 is 0 Å². The van der Waals surface area contributed by atoms with Crippen molar-refractivity contribution in [3.63, 3.8) is 0 Å². The number of hydrogen-bond donors (Lipinski definition) is 2. The van der Waals surface area contributed by atoms with E-state index in [0.29, 0.717) is 5.92 Å². The lowest BCUT2D eigenvalue weighted by Gasteiger charge is -2.23. The van der Waals surface area contributed by atoms with Gasteiger partial charge < -0.3 is 10.1 Å². The fourth-order valence-electron chi connectivity index (χ4n) is 2.57. The fourth-order valence-corrected chi connectivity index (χ4v) is 2.57. The predicted molar refractivity (Wildman–Crippen MR) is 69.0 cm³/mol. The maximum Gasteiger partial charge on any atom is 0.109 e. The highest BCUT2D eigenvalue weighted by molar-refractivity contribution is 5.57. The minimum absolute atomic E-state index is 0.115. The van der Waals surface area contributed by atoms with Crippen molar-refractivity contribution in [3.8, 4) is 11.3 Å². The van der Waals surface area contributed by atoms with Gasteiger partial charge in [0.25, 0.3) is 0 Å². The Kier molecular flexibility index (Phi) is 3.11. The van der Waals surface area contributed by atoms with E-state index in [-0.39, 0.29) is 6.10 Å². The number of rotatable bonds is 2. The lowest BCUT2D eigenvalue weighted by Crippen LogP contribution is -2.17. The third-order valence-corrected chi connectivity index (χ3v) is 3.67. The van der Waals surface area contributed by atoms with Crippen LogP contribution in [0.1, 0.15) is 37.4 Å². The normalized spacial score (nSPS) is 24.1. The Morgan fingerprint density at radius 2 is 1.83 bits per heavy atom. The third-order valence-electron chi connectivity index (χ3n) is 3.67. The van der Waals surface area contributed by atoms with Crippen molar-refractivity contribution in [3.05, 3.63) is 36.5 Å². The second-order valence-corrected chi connectivity index (χ2v) is 4.92. The number of nitrogens with zero attached hydrogens (tertiary/aromatic N) is 2. The minimum atomic E-state index is -0.115. The molecule has 0 spiro atoms. The molecule has 0 aliphatic heterocycles. The number of imidazole rings is 1. The summed E-state index contributed by atoms with van der Waals surface area (Å²) in [5, 5.41) is 9.52. The zero-order valence-corrected chi connectivity index (χ0v) is 10.2. The second kappa shape index (κ2) is 4.90. The Labute approximate surface area is 106 Å². The Morgan fingerprint density at radius 1 is 1.11 bits per heavy atom. The molecule has 4 nitrogen and oxygen atoms in total. The van der Waals surface area contributed by atoms with Crippen LogP contribution in [0.4, 0.5) is 0 Å². The van der Waals surface area contributed by atoms with Gasteiger partial charge in [-0.15, -0.1) is 0 Å². The molecule has 2 heterocycles. The van der Waals surface area contributed by atoms with Gasteiger partial charge in [0.1, 0.15) is 5.82 Å². The summed E-state index contributed by atoms with van der Waals surface area (Å²) in [5.74, 6) is 1.51. The Morgan fingerprint density at radius 3 is 2.56 bits per heavy atom. The Hall–Kier alpha value is -1.68. The molecule has 2 aromatic heterocycles. The zero-order chi connectivity index (χ0) is 12.4. The molecule has 0 bridgehead atoms. The van der Waals surface area contributed by atoms with Crippen LogP contribution in [-0.4, -0.2) is 26.2 Å². The number of aromatic amines is 1. The maximum atomic E-state index is 9.52. The van der Waals surface area contributed by atoms with E-state index in [4.69, 9.17) is 0 Å². The Balaban J connectivity index is 1.78. The SMILES string of the molecule is OC1CCC(c2ncc(-c3ccncc3)[nH]2)CC1. The molecule has 18 heavy (non-hydrogen) atoms. The molecule has 1 saturated carbocycles. The molecule has 2 N–H and O–H groups in total. The van der Waals surface area contributed by atoms with Crippen LogP contribution < -0.4 is 0 Å². The van der Waals surface area contributed by atoms with Gasteiger partial charge in [0, 0.05) is 23.9 Å². The number of H-pyrrole nitrogens is 1. The number of aromatic nitrogens is 3. The molecule has 2 aromatic rings. The summed E-state index contributed by atoms with van der Waals surface area (Å²) < 4.78 is 0. The third kappa shape index (κ3) is 2.29. The van der Waals surface area contributed by atoms with Crippen molar-refractivity contribution in [1.82, 2.24) is 15.0 Å². The van der Waals surface area contributed by atoms with Crippen LogP contribution in [0.5, 0.6) is 0 Å². The molecule has 0 radical (unpaired) electrons. The lowest BCUT2D eigenvalue weighted by molar-refractivity contribution is 0.121. The molecule has 1 aliphatic rings. The minimum Gasteiger partial charge on any atom is -0.393 e. The lowest BCUT2D eigenvalue weighted by atomic mass is 9.87. The molecular weight excluding hydrogens is 226 g/mol. The summed E-state index contributed by atoms with van der Waals surface area (Å²) in [6.45, 7) is 0. The largest absolute Gasteiger partial charge is 0.393 e. The molecule has 0 saturated heterocycles. The number of aliphatic hydroxyl groups is 1. The van der Waals surface area contributed by atoms with E-state index in [0.717, 1.165) is 42.8 Å². The molecule has 0 unspecified atom stereocenters. The first-order valence-corrected chi connectivity index (χ1v) is 6.46. The highest BCUT2D eigenvalue weighted by Crippen LogP contribution is 2.32. The number of aliphatic hydroxyl groups excluding tert-OH is 1. The van der Waals surface area contributed by atoms with Gasteiger partial charge in [-0.2, -0.15) is 0 Å². The number of pyridine rings is 1. The standard InChI is InChI=1S/C14H17N3O/c18-12-3-1-11(2-4-12)14-16-9-13(17-14)10-5-7-15-8-6-10/h5-9,11-12,18H,1-4H2,(H,16,17). The summed E-state index contributed by atoms with van der Waals surface area (Å²) in [7, 11) is 0. The molecule has 1 aliphatic carbocycles. The van der Waals surface area contributed by atoms with Crippen LogP contribution in [-0.2, 0) is 0 Å². The Bertz CT molecular complexity index is 501. The average Bonchev–Trinajstić information content (AvgIpc) is 2.90. The van der Waals surface area contributed by atoms with E-state index in [1.54, 1.807) is 12.4 Å². The van der Waals surface area contributed by atoms with Gasteiger partial charge in [-0.3, -0.25) is 4.98 Å². The van der Waals surface area contributed by atoms with Gasteiger partial charge in [0.2, 0.25) is 0 Å². The van der Waals surface area contributed by atoms with Crippen LogP contribution in [0, 0.1) is 0 Å². The van der Waals surface area contributed by atoms with Gasteiger partial charge in [-0.1, -0.05) is 0 Å². The van der Waals surface area contributed by atoms with Gasteiger partial charge in [0.15, 0.2) is 0 Å². The predicted octanol–water partition coefficient (Wildman–Crippen LogP) is 2.49. The molecule has 0 aromatic carbocycles. The first-order valence-electron chi connectivity index (χ1n) is 6.46. The van der Waals surface area contributed by atoms with Crippen molar-refractivity contribution >= 4 is 0 Å². The smallest absolute Gasteiger partial charge is 0.109 e. The van der Waals surface area contributed by atoms with E-state index >= 15 is 0 Å². The summed E-state index contributed by atoms with van der Waals surface area (Å²) in [6.07, 6.45) is 9.15. The monoisotopic (exact) mass is 243 g/mol. The van der Waals surface area contributed by atoms with Gasteiger partial charge in [-0.05, 0) is 37.8 Å². The van der Waals surface area contributed by atoms with Crippen LogP contribution in [0.15, 0.2) is 30.7 Å².